The lowest BCUT2D eigenvalue weighted by atomic mass is 9.91. The van der Waals surface area contributed by atoms with Crippen molar-refractivity contribution in [3.8, 4) is 0 Å². The lowest BCUT2D eigenvalue weighted by Crippen LogP contribution is -2.44. The van der Waals surface area contributed by atoms with Gasteiger partial charge in [0.15, 0.2) is 0 Å². The van der Waals surface area contributed by atoms with E-state index < -0.39 is 0 Å². The van der Waals surface area contributed by atoms with Gasteiger partial charge in [-0.1, -0.05) is 31.2 Å². The quantitative estimate of drug-likeness (QED) is 0.844. The van der Waals surface area contributed by atoms with Crippen molar-refractivity contribution in [2.24, 2.45) is 5.73 Å². The van der Waals surface area contributed by atoms with Gasteiger partial charge in [0.05, 0.1) is 0 Å². The van der Waals surface area contributed by atoms with Crippen LogP contribution < -0.4 is 5.73 Å². The smallest absolute Gasteiger partial charge is 0.0476 e. The summed E-state index contributed by atoms with van der Waals surface area (Å²) in [4.78, 5) is 2.56. The zero-order chi connectivity index (χ0) is 11.5. The van der Waals surface area contributed by atoms with Gasteiger partial charge in [-0.05, 0) is 30.9 Å². The lowest BCUT2D eigenvalue weighted by Gasteiger charge is -2.40. The van der Waals surface area contributed by atoms with Gasteiger partial charge in [-0.2, -0.15) is 0 Å². The van der Waals surface area contributed by atoms with E-state index in [0.717, 1.165) is 19.5 Å². The molecule has 16 heavy (non-hydrogen) atoms. The van der Waals surface area contributed by atoms with Gasteiger partial charge in [-0.15, -0.1) is 0 Å². The number of hydrogen-bond acceptors (Lipinski definition) is 2. The molecular weight excluding hydrogens is 196 g/mol. The van der Waals surface area contributed by atoms with Crippen LogP contribution in [0.15, 0.2) is 24.3 Å². The Morgan fingerprint density at radius 1 is 1.44 bits per heavy atom. The Labute approximate surface area is 98.4 Å². The standard InChI is InChI=1S/C14H22N2/c1-3-11(2)16-9-8-12-6-4-5-7-13(12)14(16)10-15/h4-7,11,14H,3,8-10,15H2,1-2H3. The molecular formula is C14H22N2. The van der Waals surface area contributed by atoms with Gasteiger partial charge in [-0.25, -0.2) is 0 Å². The Morgan fingerprint density at radius 2 is 2.19 bits per heavy atom. The fourth-order valence-corrected chi connectivity index (χ4v) is 2.70. The summed E-state index contributed by atoms with van der Waals surface area (Å²) in [5.41, 5.74) is 8.88. The van der Waals surface area contributed by atoms with E-state index in [4.69, 9.17) is 5.73 Å². The van der Waals surface area contributed by atoms with Gasteiger partial charge in [0.1, 0.15) is 0 Å². The molecule has 1 heterocycles. The van der Waals surface area contributed by atoms with Gasteiger partial charge in [0.2, 0.25) is 0 Å². The second kappa shape index (κ2) is 4.98. The van der Waals surface area contributed by atoms with Crippen molar-refractivity contribution in [3.05, 3.63) is 35.4 Å². The molecule has 2 rings (SSSR count). The summed E-state index contributed by atoms with van der Waals surface area (Å²) < 4.78 is 0. The average molecular weight is 218 g/mol. The molecule has 1 aliphatic heterocycles. The first-order chi connectivity index (χ1) is 7.77. The first-order valence-corrected chi connectivity index (χ1v) is 6.31. The van der Waals surface area contributed by atoms with Crippen molar-refractivity contribution in [2.45, 2.75) is 38.8 Å². The van der Waals surface area contributed by atoms with Crippen LogP contribution in [-0.4, -0.2) is 24.0 Å². The first-order valence-electron chi connectivity index (χ1n) is 6.31. The molecule has 0 bridgehead atoms. The summed E-state index contributed by atoms with van der Waals surface area (Å²) in [6, 6.07) is 9.78. The summed E-state index contributed by atoms with van der Waals surface area (Å²) in [5.74, 6) is 0. The van der Waals surface area contributed by atoms with Crippen LogP contribution in [0.3, 0.4) is 0 Å². The van der Waals surface area contributed by atoms with Crippen molar-refractivity contribution < 1.29 is 0 Å². The highest BCUT2D eigenvalue weighted by Crippen LogP contribution is 2.30. The highest BCUT2D eigenvalue weighted by atomic mass is 15.2. The Hall–Kier alpha value is -0.860. The van der Waals surface area contributed by atoms with Crippen molar-refractivity contribution >= 4 is 0 Å². The molecule has 2 heteroatoms. The summed E-state index contributed by atoms with van der Waals surface area (Å²) in [5, 5.41) is 0. The molecule has 2 N–H and O–H groups in total. The summed E-state index contributed by atoms with van der Waals surface area (Å²) in [6.45, 7) is 6.42. The van der Waals surface area contributed by atoms with Crippen molar-refractivity contribution in [1.82, 2.24) is 4.90 Å². The molecule has 0 spiro atoms. The second-order valence-electron chi connectivity index (χ2n) is 4.70. The molecule has 2 unspecified atom stereocenters. The van der Waals surface area contributed by atoms with Crippen LogP contribution in [0.25, 0.3) is 0 Å². The molecule has 88 valence electrons. The molecule has 0 saturated heterocycles. The Bertz CT molecular complexity index is 348. The fraction of sp³-hybridized carbons (Fsp3) is 0.571. The predicted octanol–water partition coefficient (Wildman–Crippen LogP) is 2.34. The summed E-state index contributed by atoms with van der Waals surface area (Å²) in [6.07, 6.45) is 2.36. The Morgan fingerprint density at radius 3 is 2.88 bits per heavy atom. The Kier molecular flexibility index (Phi) is 3.62. The van der Waals surface area contributed by atoms with Gasteiger partial charge >= 0.3 is 0 Å². The van der Waals surface area contributed by atoms with Gasteiger partial charge in [-0.3, -0.25) is 4.90 Å². The lowest BCUT2D eigenvalue weighted by molar-refractivity contribution is 0.133. The topological polar surface area (TPSA) is 29.3 Å². The molecule has 0 amide bonds. The van der Waals surface area contributed by atoms with E-state index >= 15 is 0 Å². The molecule has 0 aromatic heterocycles. The van der Waals surface area contributed by atoms with Crippen LogP contribution in [0.4, 0.5) is 0 Å². The largest absolute Gasteiger partial charge is 0.329 e. The van der Waals surface area contributed by atoms with Crippen LogP contribution in [0.2, 0.25) is 0 Å². The number of hydrogen-bond donors (Lipinski definition) is 1. The molecule has 2 atom stereocenters. The van der Waals surface area contributed by atoms with Gasteiger partial charge in [0, 0.05) is 25.2 Å². The van der Waals surface area contributed by atoms with E-state index in [-0.39, 0.29) is 0 Å². The van der Waals surface area contributed by atoms with Crippen LogP contribution in [0, 0.1) is 0 Å². The van der Waals surface area contributed by atoms with E-state index in [1.807, 2.05) is 0 Å². The van der Waals surface area contributed by atoms with Crippen molar-refractivity contribution in [2.75, 3.05) is 13.1 Å². The van der Waals surface area contributed by atoms with E-state index in [1.165, 1.54) is 17.5 Å². The molecule has 1 aromatic rings. The first kappa shape index (κ1) is 11.6. The van der Waals surface area contributed by atoms with E-state index in [2.05, 4.69) is 43.0 Å². The maximum absolute atomic E-state index is 5.96. The zero-order valence-electron chi connectivity index (χ0n) is 10.3. The number of nitrogens with two attached hydrogens (primary N) is 1. The van der Waals surface area contributed by atoms with Crippen LogP contribution in [-0.2, 0) is 6.42 Å². The minimum absolute atomic E-state index is 0.417. The highest BCUT2D eigenvalue weighted by Gasteiger charge is 2.28. The number of benzene rings is 1. The number of nitrogens with zero attached hydrogens (tertiary/aromatic N) is 1. The molecule has 0 fully saturated rings. The normalized spacial score (nSPS) is 22.8. The second-order valence-corrected chi connectivity index (χ2v) is 4.70. The minimum Gasteiger partial charge on any atom is -0.329 e. The van der Waals surface area contributed by atoms with Crippen molar-refractivity contribution in [3.63, 3.8) is 0 Å². The van der Waals surface area contributed by atoms with Crippen LogP contribution >= 0.6 is 0 Å². The monoisotopic (exact) mass is 218 g/mol. The molecule has 0 aliphatic carbocycles. The number of rotatable bonds is 3. The van der Waals surface area contributed by atoms with Gasteiger partial charge < -0.3 is 5.73 Å². The average Bonchev–Trinajstić information content (AvgIpc) is 2.36. The maximum atomic E-state index is 5.96. The van der Waals surface area contributed by atoms with E-state index in [1.54, 1.807) is 0 Å². The van der Waals surface area contributed by atoms with Crippen LogP contribution in [0.1, 0.15) is 37.4 Å². The minimum atomic E-state index is 0.417. The van der Waals surface area contributed by atoms with Crippen LogP contribution in [0.5, 0.6) is 0 Å². The maximum Gasteiger partial charge on any atom is 0.0476 e. The molecule has 1 aromatic carbocycles. The third-order valence-electron chi connectivity index (χ3n) is 3.83. The Balaban J connectivity index is 2.30. The SMILES string of the molecule is CCC(C)N1CCc2ccccc2C1CN. The number of fused-ring (bicyclic) bond motifs is 1. The highest BCUT2D eigenvalue weighted by molar-refractivity contribution is 5.32. The van der Waals surface area contributed by atoms with E-state index in [9.17, 15) is 0 Å². The van der Waals surface area contributed by atoms with E-state index in [0.29, 0.717) is 12.1 Å². The predicted molar refractivity (Wildman–Crippen MR) is 68.4 cm³/mol. The third kappa shape index (κ3) is 2.00. The van der Waals surface area contributed by atoms with Gasteiger partial charge in [0.25, 0.3) is 0 Å². The molecule has 2 nitrogen and oxygen atoms in total. The molecule has 0 radical (unpaired) electrons. The summed E-state index contributed by atoms with van der Waals surface area (Å²) in [7, 11) is 0. The fourth-order valence-electron chi connectivity index (χ4n) is 2.70. The molecule has 0 saturated carbocycles. The van der Waals surface area contributed by atoms with Crippen molar-refractivity contribution in [1.29, 1.82) is 0 Å². The summed E-state index contributed by atoms with van der Waals surface area (Å²) >= 11 is 0. The third-order valence-corrected chi connectivity index (χ3v) is 3.83. The molecule has 1 aliphatic rings. The zero-order valence-corrected chi connectivity index (χ0v) is 10.3.